The maximum atomic E-state index is 12.8. The molecule has 1 saturated heterocycles. The van der Waals surface area contributed by atoms with Gasteiger partial charge in [0, 0.05) is 39.0 Å². The molecule has 0 radical (unpaired) electrons. The Bertz CT molecular complexity index is 736. The van der Waals surface area contributed by atoms with Gasteiger partial charge in [-0.05, 0) is 18.4 Å². The van der Waals surface area contributed by atoms with Gasteiger partial charge in [-0.15, -0.1) is 0 Å². The zero-order valence-corrected chi connectivity index (χ0v) is 15.0. The second-order valence-electron chi connectivity index (χ2n) is 6.70. The van der Waals surface area contributed by atoms with Gasteiger partial charge < -0.3 is 9.80 Å². The number of rotatable bonds is 6. The molecule has 0 N–H and O–H groups in total. The van der Waals surface area contributed by atoms with Gasteiger partial charge in [-0.2, -0.15) is 0 Å². The first-order chi connectivity index (χ1) is 12.6. The lowest BCUT2D eigenvalue weighted by molar-refractivity contribution is -0.142. The van der Waals surface area contributed by atoms with Crippen LogP contribution in [0.5, 0.6) is 0 Å². The number of benzene rings is 1. The number of hydrogen-bond donors (Lipinski definition) is 0. The van der Waals surface area contributed by atoms with Crippen molar-refractivity contribution >= 4 is 11.8 Å². The summed E-state index contributed by atoms with van der Waals surface area (Å²) in [5.41, 5.74) is 1.96. The Morgan fingerprint density at radius 1 is 1.27 bits per heavy atom. The lowest BCUT2D eigenvalue weighted by atomic mass is 9.95. The average molecular weight is 352 g/mol. The quantitative estimate of drug-likeness (QED) is 0.797. The SMILES string of the molecule is CN(Cc1cnccn1)C(=O)[C@@H]1CCC(=O)N(CCc2ccccc2)C1. The molecular formula is C20H24N4O2. The van der Waals surface area contributed by atoms with Crippen molar-refractivity contribution in [3.63, 3.8) is 0 Å². The van der Waals surface area contributed by atoms with Crippen LogP contribution in [0, 0.1) is 5.92 Å². The van der Waals surface area contributed by atoms with E-state index < -0.39 is 0 Å². The lowest BCUT2D eigenvalue weighted by Gasteiger charge is -2.33. The van der Waals surface area contributed by atoms with Crippen molar-refractivity contribution < 1.29 is 9.59 Å². The molecule has 1 fully saturated rings. The highest BCUT2D eigenvalue weighted by Crippen LogP contribution is 2.20. The molecule has 1 aliphatic heterocycles. The summed E-state index contributed by atoms with van der Waals surface area (Å²) in [6.07, 6.45) is 6.76. The maximum Gasteiger partial charge on any atom is 0.227 e. The third-order valence-electron chi connectivity index (χ3n) is 4.75. The fourth-order valence-corrected chi connectivity index (χ4v) is 3.29. The van der Waals surface area contributed by atoms with Crippen molar-refractivity contribution in [1.29, 1.82) is 0 Å². The van der Waals surface area contributed by atoms with Crippen molar-refractivity contribution in [2.24, 2.45) is 5.92 Å². The molecule has 2 aromatic rings. The van der Waals surface area contributed by atoms with Crippen LogP contribution < -0.4 is 0 Å². The molecule has 1 aromatic heterocycles. The van der Waals surface area contributed by atoms with Gasteiger partial charge in [0.2, 0.25) is 11.8 Å². The minimum Gasteiger partial charge on any atom is -0.342 e. The van der Waals surface area contributed by atoms with Crippen LogP contribution in [0.25, 0.3) is 0 Å². The van der Waals surface area contributed by atoms with Gasteiger partial charge in [0.1, 0.15) is 0 Å². The van der Waals surface area contributed by atoms with E-state index in [-0.39, 0.29) is 17.7 Å². The van der Waals surface area contributed by atoms with Crippen molar-refractivity contribution in [1.82, 2.24) is 19.8 Å². The number of amides is 2. The number of carbonyl (C=O) groups excluding carboxylic acids is 2. The first kappa shape index (κ1) is 18.0. The lowest BCUT2D eigenvalue weighted by Crippen LogP contribution is -2.46. The summed E-state index contributed by atoms with van der Waals surface area (Å²) >= 11 is 0. The van der Waals surface area contributed by atoms with E-state index in [9.17, 15) is 9.59 Å². The molecule has 0 spiro atoms. The molecule has 1 aromatic carbocycles. The molecule has 6 nitrogen and oxygen atoms in total. The highest BCUT2D eigenvalue weighted by atomic mass is 16.2. The molecule has 26 heavy (non-hydrogen) atoms. The molecule has 0 aliphatic carbocycles. The average Bonchev–Trinajstić information content (AvgIpc) is 2.68. The fourth-order valence-electron chi connectivity index (χ4n) is 3.29. The van der Waals surface area contributed by atoms with Crippen LogP contribution in [-0.2, 0) is 22.6 Å². The second-order valence-corrected chi connectivity index (χ2v) is 6.70. The molecule has 1 atom stereocenters. The van der Waals surface area contributed by atoms with E-state index in [1.807, 2.05) is 23.1 Å². The van der Waals surface area contributed by atoms with Gasteiger partial charge in [-0.25, -0.2) is 0 Å². The molecule has 0 unspecified atom stereocenters. The number of nitrogens with zero attached hydrogens (tertiary/aromatic N) is 4. The van der Waals surface area contributed by atoms with Crippen molar-refractivity contribution in [3.8, 4) is 0 Å². The van der Waals surface area contributed by atoms with Crippen LogP contribution in [0.4, 0.5) is 0 Å². The summed E-state index contributed by atoms with van der Waals surface area (Å²) in [5, 5.41) is 0. The molecule has 2 amide bonds. The van der Waals surface area contributed by atoms with Gasteiger partial charge in [-0.1, -0.05) is 30.3 Å². The molecule has 3 rings (SSSR count). The van der Waals surface area contributed by atoms with E-state index >= 15 is 0 Å². The molecule has 136 valence electrons. The third-order valence-corrected chi connectivity index (χ3v) is 4.75. The number of carbonyl (C=O) groups is 2. The third kappa shape index (κ3) is 4.65. The fraction of sp³-hybridized carbons (Fsp3) is 0.400. The summed E-state index contributed by atoms with van der Waals surface area (Å²) < 4.78 is 0. The Kier molecular flexibility index (Phi) is 5.94. The maximum absolute atomic E-state index is 12.8. The Labute approximate surface area is 153 Å². The molecule has 0 bridgehead atoms. The Morgan fingerprint density at radius 3 is 2.81 bits per heavy atom. The number of likely N-dealkylation sites (tertiary alicyclic amines) is 1. The van der Waals surface area contributed by atoms with Crippen LogP contribution in [0.1, 0.15) is 24.1 Å². The first-order valence-electron chi connectivity index (χ1n) is 8.95. The highest BCUT2D eigenvalue weighted by molar-refractivity contribution is 5.83. The van der Waals surface area contributed by atoms with Gasteiger partial charge in [-0.3, -0.25) is 19.6 Å². The van der Waals surface area contributed by atoms with Crippen LogP contribution in [0.3, 0.4) is 0 Å². The number of hydrogen-bond acceptors (Lipinski definition) is 4. The van der Waals surface area contributed by atoms with Crippen molar-refractivity contribution in [2.45, 2.75) is 25.8 Å². The van der Waals surface area contributed by atoms with Gasteiger partial charge in [0.05, 0.1) is 24.4 Å². The predicted octanol–water partition coefficient (Wildman–Crippen LogP) is 1.92. The summed E-state index contributed by atoms with van der Waals surface area (Å²) in [6, 6.07) is 10.1. The Balaban J connectivity index is 1.56. The highest BCUT2D eigenvalue weighted by Gasteiger charge is 2.31. The zero-order valence-electron chi connectivity index (χ0n) is 15.0. The Morgan fingerprint density at radius 2 is 2.08 bits per heavy atom. The summed E-state index contributed by atoms with van der Waals surface area (Å²) in [6.45, 7) is 1.58. The minimum atomic E-state index is -0.148. The van der Waals surface area contributed by atoms with Crippen molar-refractivity contribution in [3.05, 3.63) is 60.2 Å². The van der Waals surface area contributed by atoms with E-state index in [2.05, 4.69) is 22.1 Å². The van der Waals surface area contributed by atoms with Crippen LogP contribution >= 0.6 is 0 Å². The topological polar surface area (TPSA) is 66.4 Å². The van der Waals surface area contributed by atoms with Crippen LogP contribution in [-0.4, -0.2) is 51.7 Å². The van der Waals surface area contributed by atoms with Gasteiger partial charge in [0.25, 0.3) is 0 Å². The van der Waals surface area contributed by atoms with E-state index in [1.165, 1.54) is 5.56 Å². The second kappa shape index (κ2) is 8.56. The normalized spacial score (nSPS) is 17.2. The van der Waals surface area contributed by atoms with Gasteiger partial charge >= 0.3 is 0 Å². The van der Waals surface area contributed by atoms with Gasteiger partial charge in [0.15, 0.2) is 0 Å². The van der Waals surface area contributed by atoms with E-state index in [4.69, 9.17) is 0 Å². The Hall–Kier alpha value is -2.76. The first-order valence-corrected chi connectivity index (χ1v) is 8.95. The van der Waals surface area contributed by atoms with E-state index in [0.29, 0.717) is 32.5 Å². The van der Waals surface area contributed by atoms with Crippen LogP contribution in [0.15, 0.2) is 48.9 Å². The van der Waals surface area contributed by atoms with Crippen LogP contribution in [0.2, 0.25) is 0 Å². The number of piperidine rings is 1. The summed E-state index contributed by atoms with van der Waals surface area (Å²) in [7, 11) is 1.78. The standard InChI is InChI=1S/C20H24N4O2/c1-23(15-18-13-21-10-11-22-18)20(26)17-7-8-19(25)24(14-17)12-9-16-5-3-2-4-6-16/h2-6,10-11,13,17H,7-9,12,14-15H2,1H3/t17-/m1/s1. The van der Waals surface area contributed by atoms with Crippen molar-refractivity contribution in [2.75, 3.05) is 20.1 Å². The minimum absolute atomic E-state index is 0.0628. The number of aromatic nitrogens is 2. The zero-order chi connectivity index (χ0) is 18.4. The molecular weight excluding hydrogens is 328 g/mol. The van der Waals surface area contributed by atoms with E-state index in [1.54, 1.807) is 30.5 Å². The predicted molar refractivity (Wildman–Crippen MR) is 98.0 cm³/mol. The summed E-state index contributed by atoms with van der Waals surface area (Å²) in [5.74, 6) is 0.0552. The molecule has 6 heteroatoms. The molecule has 2 heterocycles. The monoisotopic (exact) mass is 352 g/mol. The molecule has 0 saturated carbocycles. The van der Waals surface area contributed by atoms with E-state index in [0.717, 1.165) is 12.1 Å². The molecule has 1 aliphatic rings. The smallest absolute Gasteiger partial charge is 0.227 e. The largest absolute Gasteiger partial charge is 0.342 e. The summed E-state index contributed by atoms with van der Waals surface area (Å²) in [4.78, 5) is 36.8.